The van der Waals surface area contributed by atoms with Gasteiger partial charge in [0.25, 0.3) is 0 Å². The zero-order valence-electron chi connectivity index (χ0n) is 14.9. The molecule has 0 aliphatic heterocycles. The van der Waals surface area contributed by atoms with Gasteiger partial charge in [-0.15, -0.1) is 21.6 Å². The molecule has 3 aromatic heterocycles. The van der Waals surface area contributed by atoms with Crippen LogP contribution in [0.3, 0.4) is 0 Å². The third kappa shape index (κ3) is 3.47. The first-order valence-corrected chi connectivity index (χ1v) is 11.1. The van der Waals surface area contributed by atoms with Gasteiger partial charge in [0.05, 0.1) is 16.8 Å². The highest BCUT2D eigenvalue weighted by molar-refractivity contribution is 9.10. The van der Waals surface area contributed by atoms with E-state index in [4.69, 9.17) is 4.42 Å². The van der Waals surface area contributed by atoms with E-state index in [1.54, 1.807) is 17.5 Å². The minimum absolute atomic E-state index is 0.0793. The lowest BCUT2D eigenvalue weighted by molar-refractivity contribution is 0.459. The van der Waals surface area contributed by atoms with Gasteiger partial charge in [-0.1, -0.05) is 31.9 Å². The first-order chi connectivity index (χ1) is 14.5. The predicted octanol–water partition coefficient (Wildman–Crippen LogP) is 7.04. The van der Waals surface area contributed by atoms with Crippen LogP contribution in [0.25, 0.3) is 33.1 Å². The van der Waals surface area contributed by atoms with Gasteiger partial charge in [-0.2, -0.15) is 0 Å². The van der Waals surface area contributed by atoms with E-state index in [-0.39, 0.29) is 5.88 Å². The molecule has 0 bridgehead atoms. The number of aromatic hydroxyl groups is 1. The molecule has 0 aliphatic carbocycles. The lowest BCUT2D eigenvalue weighted by atomic mass is 10.1. The molecule has 0 saturated heterocycles. The van der Waals surface area contributed by atoms with Crippen molar-refractivity contribution in [3.8, 4) is 17.1 Å². The number of azo groups is 1. The standard InChI is InChI=1S/C20H10Br2N4O3S/c21-10-2-4-16-9(5-10)6-13(19(28)29-16)15-8-30-20(24-15)26-25-17-12-7-11(22)1-3-14(12)23-18(17)27/h1-8,23,27H. The fraction of sp³-hybridized carbons (Fsp3) is 0. The number of hydrogen-bond acceptors (Lipinski definition) is 7. The Hall–Kier alpha value is -2.82. The number of halogens is 2. The second kappa shape index (κ2) is 7.46. The summed E-state index contributed by atoms with van der Waals surface area (Å²) in [4.78, 5) is 19.6. The maximum Gasteiger partial charge on any atom is 0.345 e. The normalized spacial score (nSPS) is 11.8. The number of aromatic nitrogens is 2. The molecule has 30 heavy (non-hydrogen) atoms. The number of nitrogens with zero attached hydrogens (tertiary/aromatic N) is 3. The summed E-state index contributed by atoms with van der Waals surface area (Å²) in [6, 6.07) is 12.7. The molecule has 7 nitrogen and oxygen atoms in total. The number of rotatable bonds is 3. The van der Waals surface area contributed by atoms with Crippen molar-refractivity contribution in [2.45, 2.75) is 0 Å². The molecule has 0 radical (unpaired) electrons. The highest BCUT2D eigenvalue weighted by Gasteiger charge is 2.13. The molecule has 0 unspecified atom stereocenters. The maximum atomic E-state index is 12.4. The molecule has 0 saturated carbocycles. The van der Waals surface area contributed by atoms with Gasteiger partial charge in [0.2, 0.25) is 11.0 Å². The average Bonchev–Trinajstić information content (AvgIpc) is 3.30. The first kappa shape index (κ1) is 19.2. The number of thiazole rings is 1. The Morgan fingerprint density at radius 1 is 1.07 bits per heavy atom. The largest absolute Gasteiger partial charge is 0.493 e. The summed E-state index contributed by atoms with van der Waals surface area (Å²) in [5.74, 6) is -0.0793. The third-order valence-corrected chi connectivity index (χ3v) is 6.12. The molecule has 3 heterocycles. The van der Waals surface area contributed by atoms with Crippen molar-refractivity contribution in [2.24, 2.45) is 10.2 Å². The zero-order chi connectivity index (χ0) is 20.8. The van der Waals surface area contributed by atoms with Crippen LogP contribution in [0.1, 0.15) is 0 Å². The molecule has 0 atom stereocenters. The van der Waals surface area contributed by atoms with Gasteiger partial charge in [-0.25, -0.2) is 9.78 Å². The fourth-order valence-corrected chi connectivity index (χ4v) is 4.41. The van der Waals surface area contributed by atoms with Crippen LogP contribution in [0.4, 0.5) is 10.8 Å². The Balaban J connectivity index is 1.52. The molecular formula is C20H10Br2N4O3S. The number of fused-ring (bicyclic) bond motifs is 2. The van der Waals surface area contributed by atoms with Gasteiger partial charge < -0.3 is 14.5 Å². The summed E-state index contributed by atoms with van der Waals surface area (Å²) < 4.78 is 7.14. The average molecular weight is 546 g/mol. The minimum Gasteiger partial charge on any atom is -0.493 e. The monoisotopic (exact) mass is 544 g/mol. The molecule has 0 aliphatic rings. The van der Waals surface area contributed by atoms with Crippen LogP contribution in [0.15, 0.2) is 76.2 Å². The topological polar surface area (TPSA) is 104 Å². The maximum absolute atomic E-state index is 12.4. The van der Waals surface area contributed by atoms with E-state index in [0.717, 1.165) is 25.2 Å². The number of aromatic amines is 1. The van der Waals surface area contributed by atoms with Crippen molar-refractivity contribution in [3.05, 3.63) is 67.2 Å². The van der Waals surface area contributed by atoms with E-state index in [1.807, 2.05) is 30.3 Å². The number of hydrogen-bond donors (Lipinski definition) is 2. The second-order valence-corrected chi connectivity index (χ2v) is 9.03. The lowest BCUT2D eigenvalue weighted by Crippen LogP contribution is -2.02. The van der Waals surface area contributed by atoms with E-state index in [0.29, 0.717) is 27.7 Å². The molecule has 2 N–H and O–H groups in total. The highest BCUT2D eigenvalue weighted by Crippen LogP contribution is 2.38. The quantitative estimate of drug-likeness (QED) is 0.187. The number of benzene rings is 2. The van der Waals surface area contributed by atoms with E-state index < -0.39 is 5.63 Å². The van der Waals surface area contributed by atoms with E-state index in [2.05, 4.69) is 52.1 Å². The van der Waals surface area contributed by atoms with Crippen molar-refractivity contribution in [1.29, 1.82) is 0 Å². The molecule has 10 heteroatoms. The van der Waals surface area contributed by atoms with Crippen LogP contribution >= 0.6 is 43.2 Å². The van der Waals surface area contributed by atoms with Crippen LogP contribution in [0, 0.1) is 0 Å². The summed E-state index contributed by atoms with van der Waals surface area (Å²) in [6.07, 6.45) is 0. The lowest BCUT2D eigenvalue weighted by Gasteiger charge is -2.00. The van der Waals surface area contributed by atoms with Gasteiger partial charge in [0.1, 0.15) is 5.58 Å². The van der Waals surface area contributed by atoms with Gasteiger partial charge in [-0.05, 0) is 42.5 Å². The van der Waals surface area contributed by atoms with Gasteiger partial charge >= 0.3 is 5.63 Å². The molecule has 2 aromatic carbocycles. The predicted molar refractivity (Wildman–Crippen MR) is 123 cm³/mol. The molecule has 148 valence electrons. The SMILES string of the molecule is O=c1oc2ccc(Br)cc2cc1-c1csc(N=Nc2c(O)[nH]c3ccc(Br)cc23)n1. The van der Waals surface area contributed by atoms with Crippen molar-refractivity contribution in [3.63, 3.8) is 0 Å². The Kier molecular flexibility index (Phi) is 4.76. The number of H-pyrrole nitrogens is 1. The first-order valence-electron chi connectivity index (χ1n) is 8.59. The van der Waals surface area contributed by atoms with Crippen molar-refractivity contribution < 1.29 is 9.52 Å². The van der Waals surface area contributed by atoms with Crippen LogP contribution in [-0.2, 0) is 0 Å². The van der Waals surface area contributed by atoms with Crippen molar-refractivity contribution >= 4 is 75.9 Å². The minimum atomic E-state index is -0.474. The van der Waals surface area contributed by atoms with Crippen molar-refractivity contribution in [1.82, 2.24) is 9.97 Å². The van der Waals surface area contributed by atoms with Crippen LogP contribution in [0.5, 0.6) is 5.88 Å². The Morgan fingerprint density at radius 3 is 2.73 bits per heavy atom. The smallest absolute Gasteiger partial charge is 0.345 e. The van der Waals surface area contributed by atoms with Gasteiger partial charge in [-0.3, -0.25) is 0 Å². The molecule has 5 rings (SSSR count). The van der Waals surface area contributed by atoms with Crippen LogP contribution < -0.4 is 5.63 Å². The zero-order valence-corrected chi connectivity index (χ0v) is 18.9. The Morgan fingerprint density at radius 2 is 1.87 bits per heavy atom. The Bertz CT molecular complexity index is 1520. The molecule has 0 fully saturated rings. The molecule has 0 amide bonds. The van der Waals surface area contributed by atoms with Crippen molar-refractivity contribution in [2.75, 3.05) is 0 Å². The molecular weight excluding hydrogens is 536 g/mol. The van der Waals surface area contributed by atoms with Gasteiger partial charge in [0, 0.05) is 25.1 Å². The molecule has 5 aromatic rings. The third-order valence-electron chi connectivity index (χ3n) is 4.41. The highest BCUT2D eigenvalue weighted by atomic mass is 79.9. The molecule has 0 spiro atoms. The second-order valence-electron chi connectivity index (χ2n) is 6.36. The summed E-state index contributed by atoms with van der Waals surface area (Å²) in [6.45, 7) is 0. The van der Waals surface area contributed by atoms with Crippen LogP contribution in [0.2, 0.25) is 0 Å². The van der Waals surface area contributed by atoms with E-state index >= 15 is 0 Å². The van der Waals surface area contributed by atoms with E-state index in [9.17, 15) is 9.90 Å². The fourth-order valence-electron chi connectivity index (χ4n) is 3.04. The summed E-state index contributed by atoms with van der Waals surface area (Å²) in [7, 11) is 0. The summed E-state index contributed by atoms with van der Waals surface area (Å²) in [5, 5.41) is 22.0. The van der Waals surface area contributed by atoms with E-state index in [1.165, 1.54) is 11.3 Å². The Labute approximate surface area is 189 Å². The number of nitrogens with one attached hydrogen (secondary N) is 1. The summed E-state index contributed by atoms with van der Waals surface area (Å²) in [5.41, 5.74) is 1.89. The summed E-state index contributed by atoms with van der Waals surface area (Å²) >= 11 is 8.06. The van der Waals surface area contributed by atoms with Gasteiger partial charge in [0.15, 0.2) is 5.69 Å². The van der Waals surface area contributed by atoms with Crippen LogP contribution in [-0.4, -0.2) is 15.1 Å².